The van der Waals surface area contributed by atoms with E-state index in [1.807, 2.05) is 13.0 Å². The van der Waals surface area contributed by atoms with Crippen molar-refractivity contribution in [1.29, 1.82) is 0 Å². The molecule has 2 nitrogen and oxygen atoms in total. The maximum absolute atomic E-state index is 13.7. The molecule has 1 aliphatic carbocycles. The van der Waals surface area contributed by atoms with E-state index in [0.717, 1.165) is 30.4 Å². The highest BCUT2D eigenvalue weighted by atomic mass is 19.1. The van der Waals surface area contributed by atoms with Gasteiger partial charge in [0.1, 0.15) is 0 Å². The Labute approximate surface area is 95.6 Å². The lowest BCUT2D eigenvalue weighted by Gasteiger charge is -2.14. The highest BCUT2D eigenvalue weighted by Crippen LogP contribution is 2.38. The van der Waals surface area contributed by atoms with Crippen LogP contribution in [0, 0.1) is 5.82 Å². The fourth-order valence-corrected chi connectivity index (χ4v) is 1.99. The summed E-state index contributed by atoms with van der Waals surface area (Å²) in [6, 6.07) is 3.55. The Hall–Kier alpha value is -1.09. The largest absolute Gasteiger partial charge is 0.493 e. The minimum Gasteiger partial charge on any atom is -0.493 e. The van der Waals surface area contributed by atoms with Gasteiger partial charge >= 0.3 is 0 Å². The predicted molar refractivity (Wildman–Crippen MR) is 62.2 cm³/mol. The summed E-state index contributed by atoms with van der Waals surface area (Å²) in [7, 11) is 1.50. The van der Waals surface area contributed by atoms with Crippen LogP contribution in [0.25, 0.3) is 0 Å². The van der Waals surface area contributed by atoms with Crippen LogP contribution in [0.15, 0.2) is 12.1 Å². The average Bonchev–Trinajstić information content (AvgIpc) is 2.95. The molecule has 0 saturated heterocycles. The molecular formula is C13H18FNO. The summed E-state index contributed by atoms with van der Waals surface area (Å²) in [6.07, 6.45) is 3.58. The molecule has 0 radical (unpaired) electrons. The zero-order chi connectivity index (χ0) is 11.8. The molecule has 0 heterocycles. The molecule has 1 saturated carbocycles. The summed E-state index contributed by atoms with van der Waals surface area (Å²) >= 11 is 0. The van der Waals surface area contributed by atoms with Crippen molar-refractivity contribution in [3.05, 3.63) is 29.1 Å². The van der Waals surface area contributed by atoms with Crippen LogP contribution < -0.4 is 10.5 Å². The van der Waals surface area contributed by atoms with Gasteiger partial charge in [0.25, 0.3) is 0 Å². The monoisotopic (exact) mass is 223 g/mol. The summed E-state index contributed by atoms with van der Waals surface area (Å²) in [6.45, 7) is 2.01. The molecule has 0 aromatic heterocycles. The van der Waals surface area contributed by atoms with Crippen LogP contribution in [0.4, 0.5) is 4.39 Å². The molecule has 0 spiro atoms. The van der Waals surface area contributed by atoms with E-state index < -0.39 is 0 Å². The van der Waals surface area contributed by atoms with Crippen LogP contribution in [0.1, 0.15) is 30.9 Å². The number of rotatable bonds is 4. The first-order chi connectivity index (χ1) is 7.58. The van der Waals surface area contributed by atoms with Gasteiger partial charge in [0.05, 0.1) is 7.11 Å². The zero-order valence-electron chi connectivity index (χ0n) is 9.85. The van der Waals surface area contributed by atoms with E-state index in [0.29, 0.717) is 12.2 Å². The normalized spacial score (nSPS) is 17.2. The third-order valence-electron chi connectivity index (χ3n) is 3.23. The van der Waals surface area contributed by atoms with Crippen LogP contribution >= 0.6 is 0 Å². The Bertz CT molecular complexity index is 399. The predicted octanol–water partition coefficient (Wildman–Crippen LogP) is 2.43. The van der Waals surface area contributed by atoms with E-state index in [1.54, 1.807) is 6.07 Å². The first kappa shape index (κ1) is 11.4. The lowest BCUT2D eigenvalue weighted by atomic mass is 10.00. The van der Waals surface area contributed by atoms with Gasteiger partial charge < -0.3 is 10.5 Å². The molecule has 3 heteroatoms. The van der Waals surface area contributed by atoms with Gasteiger partial charge in [0, 0.05) is 5.54 Å². The van der Waals surface area contributed by atoms with Gasteiger partial charge in [-0.25, -0.2) is 4.39 Å². The van der Waals surface area contributed by atoms with Crippen molar-refractivity contribution in [2.45, 2.75) is 38.1 Å². The number of benzene rings is 1. The Morgan fingerprint density at radius 3 is 2.62 bits per heavy atom. The topological polar surface area (TPSA) is 35.2 Å². The van der Waals surface area contributed by atoms with E-state index >= 15 is 0 Å². The molecule has 1 fully saturated rings. The second-order valence-electron chi connectivity index (χ2n) is 4.66. The molecule has 0 bridgehead atoms. The Kier molecular flexibility index (Phi) is 2.89. The first-order valence-electron chi connectivity index (χ1n) is 5.72. The van der Waals surface area contributed by atoms with E-state index in [4.69, 9.17) is 10.5 Å². The summed E-state index contributed by atoms with van der Waals surface area (Å²) in [5, 5.41) is 0. The summed E-state index contributed by atoms with van der Waals surface area (Å²) in [5.74, 6) is 0.0787. The number of nitrogens with two attached hydrogens (primary N) is 1. The number of aryl methyl sites for hydroxylation is 1. The van der Waals surface area contributed by atoms with Gasteiger partial charge in [-0.3, -0.25) is 0 Å². The third-order valence-corrected chi connectivity index (χ3v) is 3.23. The highest BCUT2D eigenvalue weighted by molar-refractivity contribution is 5.40. The molecular weight excluding hydrogens is 205 g/mol. The quantitative estimate of drug-likeness (QED) is 0.850. The molecule has 2 N–H and O–H groups in total. The van der Waals surface area contributed by atoms with Crippen molar-refractivity contribution in [3.63, 3.8) is 0 Å². The van der Waals surface area contributed by atoms with Gasteiger partial charge in [-0.2, -0.15) is 0 Å². The molecule has 0 amide bonds. The number of ether oxygens (including phenoxy) is 1. The lowest BCUT2D eigenvalue weighted by Crippen LogP contribution is -2.25. The molecule has 0 atom stereocenters. The van der Waals surface area contributed by atoms with Gasteiger partial charge in [-0.15, -0.1) is 0 Å². The fraction of sp³-hybridized carbons (Fsp3) is 0.538. The standard InChI is InChI=1S/C13H18FNO/c1-3-9-6-10(8-13(15)4-5-13)12(16-2)11(14)7-9/h6-7H,3-5,8,15H2,1-2H3. The smallest absolute Gasteiger partial charge is 0.165 e. The van der Waals surface area contributed by atoms with Crippen molar-refractivity contribution in [2.75, 3.05) is 7.11 Å². The second-order valence-corrected chi connectivity index (χ2v) is 4.66. The second kappa shape index (κ2) is 4.06. The lowest BCUT2D eigenvalue weighted by molar-refractivity contribution is 0.379. The number of halogens is 1. The summed E-state index contributed by atoms with van der Waals surface area (Å²) in [4.78, 5) is 0. The zero-order valence-corrected chi connectivity index (χ0v) is 9.85. The molecule has 16 heavy (non-hydrogen) atoms. The van der Waals surface area contributed by atoms with Crippen molar-refractivity contribution >= 4 is 0 Å². The van der Waals surface area contributed by atoms with Gasteiger partial charge in [0.2, 0.25) is 0 Å². The van der Waals surface area contributed by atoms with Crippen LogP contribution in [-0.2, 0) is 12.8 Å². The van der Waals surface area contributed by atoms with Crippen molar-refractivity contribution < 1.29 is 9.13 Å². The van der Waals surface area contributed by atoms with Crippen molar-refractivity contribution in [3.8, 4) is 5.75 Å². The molecule has 88 valence electrons. The third kappa shape index (κ3) is 2.19. The Morgan fingerprint density at radius 1 is 1.44 bits per heavy atom. The molecule has 1 aromatic carbocycles. The maximum Gasteiger partial charge on any atom is 0.165 e. The molecule has 1 aromatic rings. The molecule has 1 aliphatic rings. The minimum atomic E-state index is -0.277. The number of hydrogen-bond acceptors (Lipinski definition) is 2. The van der Waals surface area contributed by atoms with Crippen LogP contribution in [-0.4, -0.2) is 12.6 Å². The highest BCUT2D eigenvalue weighted by Gasteiger charge is 2.39. The Balaban J connectivity index is 2.35. The Morgan fingerprint density at radius 2 is 2.12 bits per heavy atom. The fourth-order valence-electron chi connectivity index (χ4n) is 1.99. The van der Waals surface area contributed by atoms with Gasteiger partial charge in [-0.1, -0.05) is 13.0 Å². The molecule has 2 rings (SSSR count). The van der Waals surface area contributed by atoms with Gasteiger partial charge in [-0.05, 0) is 42.9 Å². The van der Waals surface area contributed by atoms with E-state index in [1.165, 1.54) is 7.11 Å². The SMILES string of the molecule is CCc1cc(F)c(OC)c(CC2(N)CC2)c1. The minimum absolute atomic E-state index is 0.119. The van der Waals surface area contributed by atoms with E-state index in [-0.39, 0.29) is 11.4 Å². The van der Waals surface area contributed by atoms with Crippen LogP contribution in [0.3, 0.4) is 0 Å². The van der Waals surface area contributed by atoms with E-state index in [2.05, 4.69) is 0 Å². The van der Waals surface area contributed by atoms with Crippen molar-refractivity contribution in [2.24, 2.45) is 5.73 Å². The number of hydrogen-bond donors (Lipinski definition) is 1. The van der Waals surface area contributed by atoms with E-state index in [9.17, 15) is 4.39 Å². The number of methoxy groups -OCH3 is 1. The van der Waals surface area contributed by atoms with Crippen molar-refractivity contribution in [1.82, 2.24) is 0 Å². The summed E-state index contributed by atoms with van der Waals surface area (Å²) in [5.41, 5.74) is 7.85. The molecule has 0 aliphatic heterocycles. The average molecular weight is 223 g/mol. The van der Waals surface area contributed by atoms with Crippen LogP contribution in [0.5, 0.6) is 5.75 Å². The van der Waals surface area contributed by atoms with Crippen LogP contribution in [0.2, 0.25) is 0 Å². The van der Waals surface area contributed by atoms with Gasteiger partial charge in [0.15, 0.2) is 11.6 Å². The molecule has 0 unspecified atom stereocenters. The maximum atomic E-state index is 13.7. The summed E-state index contributed by atoms with van der Waals surface area (Å²) < 4.78 is 18.8. The first-order valence-corrected chi connectivity index (χ1v) is 5.72.